The topological polar surface area (TPSA) is 18.0 Å². The van der Waals surface area contributed by atoms with Gasteiger partial charge in [0.1, 0.15) is 0 Å². The van der Waals surface area contributed by atoms with Crippen LogP contribution in [0.2, 0.25) is 0 Å². The lowest BCUT2D eigenvalue weighted by Gasteiger charge is -2.48. The molecule has 4 heteroatoms. The maximum Gasteiger partial charge on any atom is 0.0720 e. The normalized spacial score (nSPS) is 14.3. The van der Waals surface area contributed by atoms with Gasteiger partial charge in [-0.2, -0.15) is 0 Å². The summed E-state index contributed by atoms with van der Waals surface area (Å²) < 4.78 is 7.38. The molecule has 20 aromatic carbocycles. The van der Waals surface area contributed by atoms with Crippen LogP contribution < -0.4 is 4.90 Å². The number of nitrogens with zero attached hydrogens (tertiary/aromatic N) is 4. The molecular weight excluding hydrogens is 1550 g/mol. The second kappa shape index (κ2) is 26.6. The van der Waals surface area contributed by atoms with Gasteiger partial charge < -0.3 is 18.6 Å². The van der Waals surface area contributed by atoms with Crippen molar-refractivity contribution in [2.45, 2.75) is 21.7 Å². The predicted octanol–water partition coefficient (Wildman–Crippen LogP) is 30.2. The van der Waals surface area contributed by atoms with E-state index in [1.807, 2.05) is 0 Å². The van der Waals surface area contributed by atoms with E-state index in [4.69, 9.17) is 0 Å². The summed E-state index contributed by atoms with van der Waals surface area (Å²) in [6, 6.07) is 178. The second-order valence-corrected chi connectivity index (χ2v) is 35.4. The molecule has 3 heterocycles. The third-order valence-corrected chi connectivity index (χ3v) is 29.8. The maximum atomic E-state index is 2.57. The van der Waals surface area contributed by atoms with E-state index in [9.17, 15) is 0 Å². The Bertz CT molecular complexity index is 8420. The van der Waals surface area contributed by atoms with Crippen molar-refractivity contribution in [3.63, 3.8) is 0 Å². The van der Waals surface area contributed by atoms with E-state index >= 15 is 0 Å². The minimum atomic E-state index is -0.549. The Morgan fingerprint density at radius 3 is 0.703 bits per heavy atom. The molecule has 0 fully saturated rings. The van der Waals surface area contributed by atoms with Gasteiger partial charge in [0.25, 0.3) is 0 Å². The molecule has 3 aromatic heterocycles. The number of anilines is 3. The number of hydrogen-bond donors (Lipinski definition) is 0. The molecule has 0 bridgehead atoms. The van der Waals surface area contributed by atoms with Crippen LogP contribution >= 0.6 is 0 Å². The first-order chi connectivity index (χ1) is 63.5. The highest BCUT2D eigenvalue weighted by Crippen LogP contribution is 2.71. The zero-order chi connectivity index (χ0) is 83.7. The summed E-state index contributed by atoms with van der Waals surface area (Å²) in [6.45, 7) is 0. The van der Waals surface area contributed by atoms with E-state index in [1.54, 1.807) is 0 Å². The molecule has 0 amide bonds. The number of benzene rings is 20. The quantitative estimate of drug-likeness (QED) is 0.162. The van der Waals surface area contributed by atoms with Crippen LogP contribution in [-0.4, -0.2) is 13.7 Å². The van der Waals surface area contributed by atoms with Gasteiger partial charge in [0.2, 0.25) is 0 Å². The van der Waals surface area contributed by atoms with E-state index in [0.717, 1.165) is 28.4 Å². The highest BCUT2D eigenvalue weighted by atomic mass is 15.1. The van der Waals surface area contributed by atoms with Gasteiger partial charge in [0.15, 0.2) is 0 Å². The number of para-hydroxylation sites is 6. The van der Waals surface area contributed by atoms with Crippen LogP contribution in [0.4, 0.5) is 17.1 Å². The van der Waals surface area contributed by atoms with Crippen LogP contribution in [-0.2, 0) is 21.7 Å². The fraction of sp³-hybridized carbons (Fsp3) is 0.0323. The van der Waals surface area contributed by atoms with E-state index in [0.29, 0.717) is 0 Å². The first-order valence-corrected chi connectivity index (χ1v) is 44.8. The zero-order valence-electron chi connectivity index (χ0n) is 69.8. The minimum absolute atomic E-state index is 0.466. The van der Waals surface area contributed by atoms with Crippen molar-refractivity contribution in [1.82, 2.24) is 13.7 Å². The fourth-order valence-corrected chi connectivity index (χ4v) is 25.3. The summed E-state index contributed by atoms with van der Waals surface area (Å²) in [7, 11) is 0. The van der Waals surface area contributed by atoms with Crippen LogP contribution in [0.5, 0.6) is 0 Å². The van der Waals surface area contributed by atoms with Crippen LogP contribution in [0.15, 0.2) is 473 Å². The highest BCUT2D eigenvalue weighted by molar-refractivity contribution is 6.16. The molecule has 0 unspecified atom stereocenters. The van der Waals surface area contributed by atoms with Crippen LogP contribution in [0.1, 0.15) is 89.0 Å². The highest BCUT2D eigenvalue weighted by Gasteiger charge is 2.61. The van der Waals surface area contributed by atoms with Crippen LogP contribution in [0.3, 0.4) is 0 Å². The molecule has 0 saturated carbocycles. The standard InChI is InChI=1S/C62H38N2.C62H40N2/c1-2-18-39(19-3-1)63-57-32-16-7-23-44(57)47-36-40(34-35-59(47)63)64-58-33-17-8-24-45(58)48-37-56-46(38-60(48)64)43-22-6-11-27-51(43)62(56)54-30-14-12-28-52(54)61(53-29-13-15-31-55(53)62)49-25-9-4-20-41(49)42-21-5-10-26-50(42)61;1-3-19-41(20-4-1)63(42-21-5-2-6-22-42)43-35-37-44(38-36-43)64-59-34-18-10-26-48(59)50-39-58-49(40-60(50)64)47-25-9-13-29-53(47)62(58)56-32-16-14-30-54(56)61(55-31-15-17-33-57(55)62)51-27-11-7-23-45(51)46-24-8-12-28-52(46)61/h1-38H;1-40H. The molecular formula is C124H78N4. The van der Waals surface area contributed by atoms with E-state index in [2.05, 4.69) is 492 Å². The third-order valence-electron chi connectivity index (χ3n) is 29.8. The first-order valence-electron chi connectivity index (χ1n) is 44.8. The summed E-state index contributed by atoms with van der Waals surface area (Å²) in [6.07, 6.45) is 0. The van der Waals surface area contributed by atoms with Crippen molar-refractivity contribution in [2.75, 3.05) is 4.90 Å². The maximum absolute atomic E-state index is 2.57. The average molecular weight is 1620 g/mol. The smallest absolute Gasteiger partial charge is 0.0720 e. The summed E-state index contributed by atoms with van der Waals surface area (Å²) in [5.41, 5.74) is 44.1. The van der Waals surface area contributed by atoms with E-state index in [1.165, 1.54) is 205 Å². The van der Waals surface area contributed by atoms with Crippen molar-refractivity contribution < 1.29 is 0 Å². The van der Waals surface area contributed by atoms with Gasteiger partial charge in [-0.05, 0) is 255 Å². The molecule has 6 aliphatic rings. The molecule has 0 aliphatic heterocycles. The molecule has 0 saturated heterocycles. The summed E-state index contributed by atoms with van der Waals surface area (Å²) in [5.74, 6) is 0. The number of hydrogen-bond acceptors (Lipinski definition) is 1. The Hall–Kier alpha value is -16.4. The SMILES string of the molecule is c1ccc(-n2c3ccccc3c3cc(-n4c5ccccc5c5cc6c(cc54)-c4ccccc4C64c5ccccc5C5(c6ccccc6-c6ccccc65)c5ccccc54)ccc32)cc1.c1ccc(N(c2ccccc2)c2ccc(-n3c4ccccc4c4cc5c(cc43)-c3ccccc3C53c4ccccc4C4(c5ccccc5-c5ccccc54)c4ccccc43)cc2)cc1. The van der Waals surface area contributed by atoms with E-state index in [-0.39, 0.29) is 0 Å². The van der Waals surface area contributed by atoms with Crippen molar-refractivity contribution in [3.8, 4) is 61.6 Å². The molecule has 128 heavy (non-hydrogen) atoms. The molecule has 29 rings (SSSR count). The van der Waals surface area contributed by atoms with Crippen molar-refractivity contribution in [3.05, 3.63) is 562 Å². The Labute approximate surface area is 741 Å². The lowest BCUT2D eigenvalue weighted by Crippen LogP contribution is -2.43. The van der Waals surface area contributed by atoms with Crippen molar-refractivity contribution in [2.24, 2.45) is 0 Å². The van der Waals surface area contributed by atoms with Gasteiger partial charge in [-0.3, -0.25) is 0 Å². The lowest BCUT2D eigenvalue weighted by atomic mass is 9.52. The van der Waals surface area contributed by atoms with Crippen molar-refractivity contribution in [1.29, 1.82) is 0 Å². The summed E-state index contributed by atoms with van der Waals surface area (Å²) in [4.78, 5) is 2.33. The molecule has 0 atom stereocenters. The van der Waals surface area contributed by atoms with Gasteiger partial charge in [-0.25, -0.2) is 0 Å². The summed E-state index contributed by atoms with van der Waals surface area (Å²) >= 11 is 0. The molecule has 4 spiro atoms. The van der Waals surface area contributed by atoms with Gasteiger partial charge in [-0.1, -0.05) is 352 Å². The molecule has 4 nitrogen and oxygen atoms in total. The minimum Gasteiger partial charge on any atom is -0.311 e. The van der Waals surface area contributed by atoms with Crippen LogP contribution in [0.25, 0.3) is 127 Å². The first kappa shape index (κ1) is 71.1. The second-order valence-electron chi connectivity index (χ2n) is 35.4. The molecule has 23 aromatic rings. The lowest BCUT2D eigenvalue weighted by molar-refractivity contribution is 0.633. The third kappa shape index (κ3) is 9.07. The monoisotopic (exact) mass is 1620 g/mol. The average Bonchev–Trinajstić information content (AvgIpc) is 1.47. The molecule has 0 radical (unpaired) electrons. The largest absolute Gasteiger partial charge is 0.311 e. The Balaban J connectivity index is 0.000000129. The predicted molar refractivity (Wildman–Crippen MR) is 527 cm³/mol. The van der Waals surface area contributed by atoms with E-state index < -0.39 is 21.7 Å². The van der Waals surface area contributed by atoms with Gasteiger partial charge in [-0.15, -0.1) is 0 Å². The molecule has 0 N–H and O–H groups in total. The number of aromatic nitrogens is 3. The van der Waals surface area contributed by atoms with Gasteiger partial charge >= 0.3 is 0 Å². The van der Waals surface area contributed by atoms with Gasteiger partial charge in [0.05, 0.1) is 54.8 Å². The van der Waals surface area contributed by atoms with Gasteiger partial charge in [0, 0.05) is 66.4 Å². The Kier molecular flexibility index (Phi) is 14.8. The number of fused-ring (bicyclic) bond motifs is 41. The summed E-state index contributed by atoms with van der Waals surface area (Å²) in [5, 5.41) is 7.52. The van der Waals surface area contributed by atoms with Crippen LogP contribution in [0, 0.1) is 0 Å². The Morgan fingerprint density at radius 1 is 0.133 bits per heavy atom. The van der Waals surface area contributed by atoms with Crippen molar-refractivity contribution >= 4 is 82.5 Å². The fourth-order valence-electron chi connectivity index (χ4n) is 25.3. The molecule has 6 aliphatic carbocycles. The zero-order valence-corrected chi connectivity index (χ0v) is 69.8. The Morgan fingerprint density at radius 2 is 0.359 bits per heavy atom. The molecule has 594 valence electrons. The number of rotatable bonds is 6.